The lowest BCUT2D eigenvalue weighted by Gasteiger charge is -2.05. The van der Waals surface area contributed by atoms with Gasteiger partial charge in [-0.2, -0.15) is 0 Å². The van der Waals surface area contributed by atoms with Crippen LogP contribution in [-0.4, -0.2) is 22.4 Å². The Labute approximate surface area is 81.6 Å². The fraction of sp³-hybridized carbons (Fsp3) is 0.444. The molecule has 0 aliphatic carbocycles. The third-order valence-electron chi connectivity index (χ3n) is 1.56. The van der Waals surface area contributed by atoms with E-state index >= 15 is 0 Å². The normalized spacial score (nSPS) is 10.2. The van der Waals surface area contributed by atoms with E-state index in [1.165, 1.54) is 12.3 Å². The van der Waals surface area contributed by atoms with Gasteiger partial charge in [-0.25, -0.2) is 4.98 Å². The van der Waals surface area contributed by atoms with Crippen molar-refractivity contribution < 1.29 is 4.79 Å². The summed E-state index contributed by atoms with van der Waals surface area (Å²) in [7, 11) is 0. The molecule has 0 spiro atoms. The fourth-order valence-electron chi connectivity index (χ4n) is 0.866. The first kappa shape index (κ1) is 10.4. The van der Waals surface area contributed by atoms with Crippen molar-refractivity contribution in [3.05, 3.63) is 28.4 Å². The van der Waals surface area contributed by atoms with Gasteiger partial charge in [-0.1, -0.05) is 13.8 Å². The summed E-state index contributed by atoms with van der Waals surface area (Å²) in [6, 6.07) is 1.26. The van der Waals surface area contributed by atoms with Gasteiger partial charge in [0.05, 0.1) is 0 Å². The van der Waals surface area contributed by atoms with E-state index in [-0.39, 0.29) is 17.3 Å². The Morgan fingerprint density at radius 2 is 2.36 bits per heavy atom. The first-order valence-electron chi connectivity index (χ1n) is 4.43. The molecule has 76 valence electrons. The zero-order valence-corrected chi connectivity index (χ0v) is 8.20. The van der Waals surface area contributed by atoms with Crippen molar-refractivity contribution in [1.82, 2.24) is 15.3 Å². The highest BCUT2D eigenvalue weighted by molar-refractivity contribution is 5.90. The van der Waals surface area contributed by atoms with Gasteiger partial charge in [0.25, 0.3) is 11.5 Å². The van der Waals surface area contributed by atoms with Crippen LogP contribution in [0, 0.1) is 5.92 Å². The van der Waals surface area contributed by atoms with E-state index in [1.807, 2.05) is 13.8 Å². The average molecular weight is 195 g/mol. The molecule has 0 bridgehead atoms. The van der Waals surface area contributed by atoms with Crippen LogP contribution < -0.4 is 10.9 Å². The summed E-state index contributed by atoms with van der Waals surface area (Å²) < 4.78 is 0. The van der Waals surface area contributed by atoms with Crippen LogP contribution in [-0.2, 0) is 0 Å². The molecule has 0 atom stereocenters. The topological polar surface area (TPSA) is 74.8 Å². The van der Waals surface area contributed by atoms with Crippen molar-refractivity contribution in [2.75, 3.05) is 6.54 Å². The highest BCUT2D eigenvalue weighted by Gasteiger charge is 2.07. The van der Waals surface area contributed by atoms with E-state index in [0.29, 0.717) is 12.5 Å². The molecule has 0 saturated heterocycles. The van der Waals surface area contributed by atoms with Gasteiger partial charge >= 0.3 is 0 Å². The predicted molar refractivity (Wildman–Crippen MR) is 52.0 cm³/mol. The van der Waals surface area contributed by atoms with Crippen LogP contribution in [0.2, 0.25) is 0 Å². The molecule has 1 amide bonds. The maximum absolute atomic E-state index is 11.4. The molecule has 0 unspecified atom stereocenters. The van der Waals surface area contributed by atoms with Gasteiger partial charge in [-0.3, -0.25) is 9.59 Å². The highest BCUT2D eigenvalue weighted by Crippen LogP contribution is 1.89. The molecule has 14 heavy (non-hydrogen) atoms. The summed E-state index contributed by atoms with van der Waals surface area (Å²) in [4.78, 5) is 28.3. The van der Waals surface area contributed by atoms with Crippen LogP contribution in [0.15, 0.2) is 17.1 Å². The number of amides is 1. The SMILES string of the molecule is CC(C)CNC(=O)c1nccc(=O)[nH]1. The van der Waals surface area contributed by atoms with E-state index in [1.54, 1.807) is 0 Å². The lowest BCUT2D eigenvalue weighted by molar-refractivity contribution is 0.0938. The van der Waals surface area contributed by atoms with Gasteiger partial charge in [0.2, 0.25) is 0 Å². The van der Waals surface area contributed by atoms with Gasteiger partial charge < -0.3 is 10.3 Å². The molecule has 0 aliphatic rings. The van der Waals surface area contributed by atoms with E-state index in [2.05, 4.69) is 15.3 Å². The molecule has 0 saturated carbocycles. The van der Waals surface area contributed by atoms with Gasteiger partial charge in [0, 0.05) is 18.8 Å². The third kappa shape index (κ3) is 3.01. The molecular formula is C9H13N3O2. The van der Waals surface area contributed by atoms with Crippen molar-refractivity contribution in [3.63, 3.8) is 0 Å². The highest BCUT2D eigenvalue weighted by atomic mass is 16.2. The molecule has 2 N–H and O–H groups in total. The number of hydrogen-bond acceptors (Lipinski definition) is 3. The van der Waals surface area contributed by atoms with E-state index in [0.717, 1.165) is 0 Å². The van der Waals surface area contributed by atoms with Crippen LogP contribution in [0.3, 0.4) is 0 Å². The van der Waals surface area contributed by atoms with Crippen LogP contribution in [0.1, 0.15) is 24.5 Å². The summed E-state index contributed by atoms with van der Waals surface area (Å²) >= 11 is 0. The molecule has 5 nitrogen and oxygen atoms in total. The minimum atomic E-state index is -0.351. The van der Waals surface area contributed by atoms with Crippen LogP contribution in [0.25, 0.3) is 0 Å². The fourth-order valence-corrected chi connectivity index (χ4v) is 0.866. The van der Waals surface area contributed by atoms with E-state index in [4.69, 9.17) is 0 Å². The number of nitrogens with one attached hydrogen (secondary N) is 2. The summed E-state index contributed by atoms with van der Waals surface area (Å²) in [5.74, 6) is 0.0731. The summed E-state index contributed by atoms with van der Waals surface area (Å²) in [6.45, 7) is 4.54. The molecule has 0 aliphatic heterocycles. The maximum atomic E-state index is 11.4. The first-order chi connectivity index (χ1) is 6.59. The Morgan fingerprint density at radius 3 is 2.93 bits per heavy atom. The lowest BCUT2D eigenvalue weighted by Crippen LogP contribution is -2.30. The molecule has 0 radical (unpaired) electrons. The average Bonchev–Trinajstić information content (AvgIpc) is 2.14. The molecule has 1 aromatic rings. The standard InChI is InChI=1S/C9H13N3O2/c1-6(2)5-11-9(14)8-10-4-3-7(13)12-8/h3-4,6H,5H2,1-2H3,(H,11,14)(H,10,12,13). The van der Waals surface area contributed by atoms with E-state index in [9.17, 15) is 9.59 Å². The summed E-state index contributed by atoms with van der Waals surface area (Å²) in [6.07, 6.45) is 1.31. The lowest BCUT2D eigenvalue weighted by atomic mass is 10.2. The Bertz CT molecular complexity index is 370. The Kier molecular flexibility index (Phi) is 3.39. The quantitative estimate of drug-likeness (QED) is 0.721. The number of rotatable bonds is 3. The maximum Gasteiger partial charge on any atom is 0.287 e. The molecule has 1 rings (SSSR count). The predicted octanol–water partition coefficient (Wildman–Crippen LogP) is 0.156. The van der Waals surface area contributed by atoms with Crippen LogP contribution in [0.4, 0.5) is 0 Å². The number of hydrogen-bond donors (Lipinski definition) is 2. The Morgan fingerprint density at radius 1 is 1.64 bits per heavy atom. The third-order valence-corrected chi connectivity index (χ3v) is 1.56. The number of aromatic nitrogens is 2. The van der Waals surface area contributed by atoms with Crippen LogP contribution in [0.5, 0.6) is 0 Å². The zero-order chi connectivity index (χ0) is 10.6. The molecule has 5 heteroatoms. The molecule has 1 aromatic heterocycles. The Balaban J connectivity index is 2.65. The second-order valence-corrected chi connectivity index (χ2v) is 3.39. The van der Waals surface area contributed by atoms with Crippen molar-refractivity contribution in [2.24, 2.45) is 5.92 Å². The second-order valence-electron chi connectivity index (χ2n) is 3.39. The van der Waals surface area contributed by atoms with Gasteiger partial charge in [-0.15, -0.1) is 0 Å². The molecule has 1 heterocycles. The van der Waals surface area contributed by atoms with Crippen molar-refractivity contribution >= 4 is 5.91 Å². The number of carbonyl (C=O) groups is 1. The minimum Gasteiger partial charge on any atom is -0.349 e. The molecule has 0 aromatic carbocycles. The second kappa shape index (κ2) is 4.55. The van der Waals surface area contributed by atoms with Crippen molar-refractivity contribution in [3.8, 4) is 0 Å². The van der Waals surface area contributed by atoms with Crippen molar-refractivity contribution in [1.29, 1.82) is 0 Å². The van der Waals surface area contributed by atoms with Crippen LogP contribution >= 0.6 is 0 Å². The molecular weight excluding hydrogens is 182 g/mol. The largest absolute Gasteiger partial charge is 0.349 e. The number of aromatic amines is 1. The van der Waals surface area contributed by atoms with Gasteiger partial charge in [0.1, 0.15) is 0 Å². The summed E-state index contributed by atoms with van der Waals surface area (Å²) in [5.41, 5.74) is -0.324. The minimum absolute atomic E-state index is 0.0538. The zero-order valence-electron chi connectivity index (χ0n) is 8.20. The number of H-pyrrole nitrogens is 1. The van der Waals surface area contributed by atoms with E-state index < -0.39 is 0 Å². The number of carbonyl (C=O) groups excluding carboxylic acids is 1. The van der Waals surface area contributed by atoms with Gasteiger partial charge in [-0.05, 0) is 5.92 Å². The van der Waals surface area contributed by atoms with Crippen molar-refractivity contribution in [2.45, 2.75) is 13.8 Å². The smallest absolute Gasteiger partial charge is 0.287 e. The summed E-state index contributed by atoms with van der Waals surface area (Å²) in [5, 5.41) is 2.65. The Hall–Kier alpha value is -1.65. The molecule has 0 fully saturated rings. The first-order valence-corrected chi connectivity index (χ1v) is 4.43. The van der Waals surface area contributed by atoms with Gasteiger partial charge in [0.15, 0.2) is 5.82 Å². The number of nitrogens with zero attached hydrogens (tertiary/aromatic N) is 1. The monoisotopic (exact) mass is 195 g/mol.